The predicted octanol–water partition coefficient (Wildman–Crippen LogP) is 5.34. The molecule has 1 aromatic carbocycles. The number of amides is 2. The van der Waals surface area contributed by atoms with Gasteiger partial charge in [0.1, 0.15) is 0 Å². The molecule has 0 spiro atoms. The second-order valence-electron chi connectivity index (χ2n) is 13.8. The van der Waals surface area contributed by atoms with Gasteiger partial charge in [0.2, 0.25) is 5.89 Å². The van der Waals surface area contributed by atoms with E-state index in [1.165, 1.54) is 31.7 Å². The molecule has 0 unspecified atom stereocenters. The number of aryl methyl sites for hydroxylation is 1. The lowest BCUT2D eigenvalue weighted by atomic mass is 9.80. The van der Waals surface area contributed by atoms with Crippen molar-refractivity contribution in [2.24, 2.45) is 0 Å². The van der Waals surface area contributed by atoms with Crippen molar-refractivity contribution in [2.45, 2.75) is 83.1 Å². The van der Waals surface area contributed by atoms with Gasteiger partial charge in [0.05, 0.1) is 19.4 Å². The predicted molar refractivity (Wildman–Crippen MR) is 185 cm³/mol. The number of carbonyl (C=O) groups excluding carboxylic acids is 2. The van der Waals surface area contributed by atoms with Crippen molar-refractivity contribution in [1.29, 1.82) is 0 Å². The number of rotatable bonds is 7. The molecule has 2 aliphatic carbocycles. The highest BCUT2D eigenvalue weighted by atomic mass is 32.2. The van der Waals surface area contributed by atoms with Crippen LogP contribution in [0.2, 0.25) is 0 Å². The summed E-state index contributed by atoms with van der Waals surface area (Å²) in [5, 5.41) is 5.00. The second-order valence-corrected chi connectivity index (χ2v) is 15.7. The van der Waals surface area contributed by atoms with E-state index in [1.54, 1.807) is 19.2 Å². The number of methoxy groups -OCH3 is 1. The molecule has 3 aromatic rings. The Morgan fingerprint density at radius 3 is 2.45 bits per heavy atom. The molecular formula is C36H44N6O6S. The third kappa shape index (κ3) is 6.34. The fraction of sp³-hybridized carbons (Fsp3) is 0.500. The summed E-state index contributed by atoms with van der Waals surface area (Å²) >= 11 is 0. The van der Waals surface area contributed by atoms with E-state index in [0.717, 1.165) is 83.6 Å². The summed E-state index contributed by atoms with van der Waals surface area (Å²) in [5.41, 5.74) is 6.26. The lowest BCUT2D eigenvalue weighted by molar-refractivity contribution is -0.128. The lowest BCUT2D eigenvalue weighted by Crippen LogP contribution is -2.39. The van der Waals surface area contributed by atoms with Crippen LogP contribution in [-0.2, 0) is 26.3 Å². The zero-order valence-corrected chi connectivity index (χ0v) is 29.4. The Hall–Kier alpha value is -4.23. The fourth-order valence-electron chi connectivity index (χ4n) is 7.89. The van der Waals surface area contributed by atoms with E-state index in [9.17, 15) is 18.0 Å². The summed E-state index contributed by atoms with van der Waals surface area (Å²) in [7, 11) is 0.456. The van der Waals surface area contributed by atoms with Crippen LogP contribution >= 0.6 is 0 Å². The number of ether oxygens (including phenoxy) is 1. The topological polar surface area (TPSA) is 140 Å². The number of allylic oxidation sites excluding steroid dienone is 5. The van der Waals surface area contributed by atoms with Crippen molar-refractivity contribution in [2.75, 3.05) is 34.3 Å². The lowest BCUT2D eigenvalue weighted by Gasteiger charge is -2.31. The van der Waals surface area contributed by atoms with Crippen LogP contribution in [0.4, 0.5) is 0 Å². The first-order valence-electron chi connectivity index (χ1n) is 17.2. The van der Waals surface area contributed by atoms with Crippen molar-refractivity contribution < 1.29 is 27.3 Å². The molecule has 13 heteroatoms. The van der Waals surface area contributed by atoms with Gasteiger partial charge in [-0.3, -0.25) is 9.59 Å². The normalized spacial score (nSPS) is 19.3. The second kappa shape index (κ2) is 13.2. The first-order chi connectivity index (χ1) is 23.5. The van der Waals surface area contributed by atoms with Gasteiger partial charge < -0.3 is 18.7 Å². The highest BCUT2D eigenvalue weighted by molar-refractivity contribution is 7.87. The van der Waals surface area contributed by atoms with E-state index >= 15 is 0 Å². The molecule has 4 heterocycles. The molecule has 4 aliphatic rings. The number of fused-ring (bicyclic) bond motifs is 4. The largest absolute Gasteiger partial charge is 0.501 e. The zero-order valence-electron chi connectivity index (χ0n) is 28.6. The molecule has 12 nitrogen and oxygen atoms in total. The van der Waals surface area contributed by atoms with E-state index in [4.69, 9.17) is 9.26 Å². The smallest absolute Gasteiger partial charge is 0.303 e. The molecule has 1 saturated carbocycles. The first-order valence-corrected chi connectivity index (χ1v) is 18.7. The van der Waals surface area contributed by atoms with Crippen molar-refractivity contribution in [3.63, 3.8) is 0 Å². The highest BCUT2D eigenvalue weighted by Gasteiger charge is 2.34. The molecule has 0 radical (unpaired) electrons. The molecule has 2 aliphatic heterocycles. The number of nitrogens with zero attached hydrogens (tertiary/aromatic N) is 5. The third-order valence-electron chi connectivity index (χ3n) is 10.5. The standard InChI is InChI=1S/C36H44N6O6S/c1-22-37-35(48-38-22)24-14-16-41(17-15-24)36(44)27-18-26-19-28(47-4)11-13-29(26)33-32(23-8-6-5-7-9-23)30-12-10-25(20-31(30)42(33)21-27)34(43)39-49(45,46)40(2)3/h10,12,18-20,23-24H,5-9,11,13-17,21H2,1-4H3,(H,39,43). The monoisotopic (exact) mass is 688 g/mol. The minimum Gasteiger partial charge on any atom is -0.501 e. The number of nitrogens with one attached hydrogen (secondary N) is 1. The van der Waals surface area contributed by atoms with Crippen LogP contribution in [0.15, 0.2) is 51.8 Å². The van der Waals surface area contributed by atoms with Crippen LogP contribution in [0.3, 0.4) is 0 Å². The molecule has 2 aromatic heterocycles. The summed E-state index contributed by atoms with van der Waals surface area (Å²) in [6.45, 7) is 3.28. The van der Waals surface area contributed by atoms with Gasteiger partial charge in [-0.05, 0) is 85.9 Å². The molecule has 2 amide bonds. The highest BCUT2D eigenvalue weighted by Crippen LogP contribution is 2.47. The molecule has 1 saturated heterocycles. The SMILES string of the molecule is COC1=CC2=C(CC1)c1c(C3CCCCC3)c3ccc(C(=O)NS(=O)(=O)N(C)C)cc3n1CC(C(=O)N1CCC(c3nc(C)no3)CC1)=C2. The van der Waals surface area contributed by atoms with E-state index in [-0.39, 0.29) is 17.4 Å². The van der Waals surface area contributed by atoms with E-state index < -0.39 is 16.1 Å². The molecule has 0 bridgehead atoms. The van der Waals surface area contributed by atoms with Crippen molar-refractivity contribution in [3.05, 3.63) is 75.8 Å². The van der Waals surface area contributed by atoms with Crippen LogP contribution in [0.25, 0.3) is 16.5 Å². The minimum atomic E-state index is -3.98. The number of aromatic nitrogens is 3. The number of benzene rings is 1. The van der Waals surface area contributed by atoms with Gasteiger partial charge in [-0.2, -0.15) is 17.7 Å². The Kier molecular flexibility index (Phi) is 8.99. The maximum absolute atomic E-state index is 14.4. The molecular weight excluding hydrogens is 644 g/mol. The summed E-state index contributed by atoms with van der Waals surface area (Å²) in [6, 6.07) is 5.47. The van der Waals surface area contributed by atoms with E-state index in [1.807, 2.05) is 24.0 Å². The Morgan fingerprint density at radius 2 is 1.78 bits per heavy atom. The maximum atomic E-state index is 14.4. The van der Waals surface area contributed by atoms with Gasteiger partial charge in [0, 0.05) is 67.3 Å². The molecule has 0 atom stereocenters. The Bertz CT molecular complexity index is 2010. The number of likely N-dealkylation sites (tertiary alicyclic amines) is 1. The van der Waals surface area contributed by atoms with Crippen LogP contribution in [-0.4, -0.2) is 78.4 Å². The van der Waals surface area contributed by atoms with Crippen LogP contribution in [0.1, 0.15) is 103 Å². The van der Waals surface area contributed by atoms with Gasteiger partial charge in [-0.15, -0.1) is 0 Å². The maximum Gasteiger partial charge on any atom is 0.303 e. The zero-order chi connectivity index (χ0) is 34.4. The van der Waals surface area contributed by atoms with Gasteiger partial charge in [-0.25, -0.2) is 4.72 Å². The third-order valence-corrected chi connectivity index (χ3v) is 11.9. The van der Waals surface area contributed by atoms with Gasteiger partial charge in [0.25, 0.3) is 11.8 Å². The van der Waals surface area contributed by atoms with Crippen molar-refractivity contribution >= 4 is 38.5 Å². The first kappa shape index (κ1) is 33.3. The summed E-state index contributed by atoms with van der Waals surface area (Å²) in [6.07, 6.45) is 12.7. The van der Waals surface area contributed by atoms with Gasteiger partial charge in [-0.1, -0.05) is 30.5 Å². The Labute approximate surface area is 287 Å². The average molecular weight is 689 g/mol. The average Bonchev–Trinajstić information content (AvgIpc) is 3.63. The van der Waals surface area contributed by atoms with Gasteiger partial charge >= 0.3 is 10.2 Å². The summed E-state index contributed by atoms with van der Waals surface area (Å²) in [5.74, 6) is 1.85. The van der Waals surface area contributed by atoms with Crippen molar-refractivity contribution in [3.8, 4) is 0 Å². The quantitative estimate of drug-likeness (QED) is 0.351. The number of hydrogen-bond acceptors (Lipinski definition) is 8. The van der Waals surface area contributed by atoms with Gasteiger partial charge in [0.15, 0.2) is 5.82 Å². The van der Waals surface area contributed by atoms with Crippen molar-refractivity contribution in [1.82, 2.24) is 28.6 Å². The van der Waals surface area contributed by atoms with Crippen LogP contribution in [0.5, 0.6) is 0 Å². The molecule has 260 valence electrons. The number of carbonyl (C=O) groups is 2. The van der Waals surface area contributed by atoms with E-state index in [2.05, 4.69) is 25.5 Å². The number of piperidine rings is 1. The molecule has 49 heavy (non-hydrogen) atoms. The van der Waals surface area contributed by atoms with E-state index in [0.29, 0.717) is 42.8 Å². The number of hydrogen-bond donors (Lipinski definition) is 1. The fourth-order valence-corrected chi connectivity index (χ4v) is 8.43. The summed E-state index contributed by atoms with van der Waals surface area (Å²) < 4.78 is 41.6. The summed E-state index contributed by atoms with van der Waals surface area (Å²) in [4.78, 5) is 34.1. The van der Waals surface area contributed by atoms with Crippen LogP contribution in [0, 0.1) is 6.92 Å². The van der Waals surface area contributed by atoms with Crippen LogP contribution < -0.4 is 4.72 Å². The molecule has 7 rings (SSSR count). The molecule has 2 fully saturated rings. The Morgan fingerprint density at radius 1 is 1.02 bits per heavy atom. The minimum absolute atomic E-state index is 0.0233. The molecule has 1 N–H and O–H groups in total. The Balaban J connectivity index is 1.32.